The van der Waals surface area contributed by atoms with E-state index in [4.69, 9.17) is 16.2 Å². The molecule has 0 aliphatic rings. The Labute approximate surface area is 159 Å². The van der Waals surface area contributed by atoms with Gasteiger partial charge in [-0.05, 0) is 37.0 Å². The Balaban J connectivity index is 0.00000243. The van der Waals surface area contributed by atoms with Crippen LogP contribution in [0.4, 0.5) is 11.8 Å². The van der Waals surface area contributed by atoms with Gasteiger partial charge in [0.2, 0.25) is 5.95 Å². The number of nitrogens with zero attached hydrogens (tertiary/aromatic N) is 2. The number of anilines is 2. The Bertz CT molecular complexity index is 813. The van der Waals surface area contributed by atoms with Crippen molar-refractivity contribution in [2.75, 3.05) is 18.1 Å². The van der Waals surface area contributed by atoms with Gasteiger partial charge in [0.15, 0.2) is 0 Å². The van der Waals surface area contributed by atoms with Gasteiger partial charge < -0.3 is 16.2 Å². The van der Waals surface area contributed by atoms with Crippen LogP contribution in [0.25, 0.3) is 11.1 Å². The van der Waals surface area contributed by atoms with Gasteiger partial charge in [-0.2, -0.15) is 4.98 Å². The van der Waals surface area contributed by atoms with Crippen molar-refractivity contribution in [2.45, 2.75) is 19.3 Å². The number of aromatic nitrogens is 2. The molecule has 0 aliphatic heterocycles. The molecular weight excluding hydrogens is 348 g/mol. The molecule has 4 N–H and O–H groups in total. The molecule has 1 aromatic heterocycles. The van der Waals surface area contributed by atoms with Gasteiger partial charge in [0, 0.05) is 5.56 Å². The quantitative estimate of drug-likeness (QED) is 0.610. The Hall–Kier alpha value is -2.79. The average Bonchev–Trinajstić information content (AvgIpc) is 2.62. The van der Waals surface area contributed by atoms with Gasteiger partial charge in [-0.1, -0.05) is 48.5 Å². The number of hydrogen-bond acceptors (Lipinski definition) is 5. The van der Waals surface area contributed by atoms with Crippen molar-refractivity contribution in [1.82, 2.24) is 9.97 Å². The van der Waals surface area contributed by atoms with Crippen LogP contribution in [0.3, 0.4) is 0 Å². The number of benzene rings is 2. The number of nitrogens with two attached hydrogens (primary N) is 2. The first-order chi connectivity index (χ1) is 12.2. The van der Waals surface area contributed by atoms with E-state index in [1.807, 2.05) is 60.7 Å². The second kappa shape index (κ2) is 9.63. The number of hydrogen-bond donors (Lipinski definition) is 2. The summed E-state index contributed by atoms with van der Waals surface area (Å²) in [5.41, 5.74) is 14.7. The molecule has 0 amide bonds. The predicted octanol–water partition coefficient (Wildman–Crippen LogP) is 4.13. The van der Waals surface area contributed by atoms with E-state index in [0.717, 1.165) is 41.8 Å². The first-order valence-corrected chi connectivity index (χ1v) is 8.39. The summed E-state index contributed by atoms with van der Waals surface area (Å²) >= 11 is 0. The molecule has 3 aromatic rings. The number of nitrogen functional groups attached to an aromatic ring is 2. The number of rotatable bonds is 7. The van der Waals surface area contributed by atoms with Crippen molar-refractivity contribution in [3.8, 4) is 16.9 Å². The molecule has 0 bridgehead atoms. The molecule has 0 unspecified atom stereocenters. The topological polar surface area (TPSA) is 87.0 Å². The van der Waals surface area contributed by atoms with Gasteiger partial charge in [-0.3, -0.25) is 0 Å². The van der Waals surface area contributed by atoms with Gasteiger partial charge in [0.1, 0.15) is 11.6 Å². The van der Waals surface area contributed by atoms with Crippen molar-refractivity contribution in [2.24, 2.45) is 0 Å². The Morgan fingerprint density at radius 1 is 0.808 bits per heavy atom. The number of aryl methyl sites for hydroxylation is 1. The van der Waals surface area contributed by atoms with E-state index < -0.39 is 0 Å². The summed E-state index contributed by atoms with van der Waals surface area (Å²) < 4.78 is 5.72. The largest absolute Gasteiger partial charge is 0.494 e. The summed E-state index contributed by atoms with van der Waals surface area (Å²) in [6.45, 7) is 0.667. The van der Waals surface area contributed by atoms with Crippen LogP contribution in [0, 0.1) is 0 Å². The molecule has 0 aliphatic carbocycles. The fourth-order valence-electron chi connectivity index (χ4n) is 2.75. The first kappa shape index (κ1) is 19.5. The molecule has 0 radical (unpaired) electrons. The van der Waals surface area contributed by atoms with E-state index in [-0.39, 0.29) is 18.4 Å². The first-order valence-electron chi connectivity index (χ1n) is 8.39. The molecule has 0 saturated heterocycles. The van der Waals surface area contributed by atoms with Crippen molar-refractivity contribution >= 4 is 24.2 Å². The molecule has 0 saturated carbocycles. The molecule has 6 heteroatoms. The zero-order chi connectivity index (χ0) is 17.5. The fraction of sp³-hybridized carbons (Fsp3) is 0.200. The predicted molar refractivity (Wildman–Crippen MR) is 108 cm³/mol. The van der Waals surface area contributed by atoms with Crippen LogP contribution in [0.5, 0.6) is 5.75 Å². The highest BCUT2D eigenvalue weighted by Crippen LogP contribution is 2.29. The van der Waals surface area contributed by atoms with E-state index in [2.05, 4.69) is 9.97 Å². The van der Waals surface area contributed by atoms with Crippen LogP contribution in [0.15, 0.2) is 60.7 Å². The summed E-state index contributed by atoms with van der Waals surface area (Å²) in [7, 11) is 0. The Kier molecular flexibility index (Phi) is 7.24. The van der Waals surface area contributed by atoms with Gasteiger partial charge in [-0.15, -0.1) is 12.4 Å². The number of unbranched alkanes of at least 4 members (excludes halogenated alkanes) is 1. The maximum absolute atomic E-state index is 6.10. The summed E-state index contributed by atoms with van der Waals surface area (Å²) in [6, 6.07) is 19.8. The third-order valence-corrected chi connectivity index (χ3v) is 3.91. The van der Waals surface area contributed by atoms with Crippen molar-refractivity contribution in [3.05, 3.63) is 66.4 Å². The molecule has 26 heavy (non-hydrogen) atoms. The molecule has 3 rings (SSSR count). The van der Waals surface area contributed by atoms with Crippen molar-refractivity contribution < 1.29 is 4.74 Å². The minimum absolute atomic E-state index is 0. The van der Waals surface area contributed by atoms with E-state index in [1.165, 1.54) is 0 Å². The van der Waals surface area contributed by atoms with Crippen LogP contribution < -0.4 is 16.2 Å². The molecule has 2 aromatic carbocycles. The third-order valence-electron chi connectivity index (χ3n) is 3.91. The smallest absolute Gasteiger partial charge is 0.222 e. The second-order valence-electron chi connectivity index (χ2n) is 5.77. The molecule has 0 atom stereocenters. The minimum Gasteiger partial charge on any atom is -0.494 e. The standard InChI is InChI=1S/C20H22N4O.ClH/c21-19-18(15-9-3-1-4-10-15)17(23-20(22)24-19)13-7-8-14-25-16-11-5-2-6-12-16;/h1-6,9-12H,7-8,13-14H2,(H4,21,22,23,24);1H. The number of halogens is 1. The third kappa shape index (κ3) is 5.10. The van der Waals surface area contributed by atoms with Crippen LogP contribution >= 0.6 is 12.4 Å². The maximum Gasteiger partial charge on any atom is 0.222 e. The van der Waals surface area contributed by atoms with Crippen LogP contribution in [-0.4, -0.2) is 16.6 Å². The van der Waals surface area contributed by atoms with E-state index in [1.54, 1.807) is 0 Å². The molecule has 5 nitrogen and oxygen atoms in total. The zero-order valence-electron chi connectivity index (χ0n) is 14.5. The van der Waals surface area contributed by atoms with E-state index in [0.29, 0.717) is 12.4 Å². The molecule has 0 spiro atoms. The molecular formula is C20H23ClN4O. The van der Waals surface area contributed by atoms with Crippen molar-refractivity contribution in [3.63, 3.8) is 0 Å². The highest BCUT2D eigenvalue weighted by Gasteiger charge is 2.13. The van der Waals surface area contributed by atoms with Gasteiger partial charge in [-0.25, -0.2) is 4.98 Å². The van der Waals surface area contributed by atoms with Gasteiger partial charge >= 0.3 is 0 Å². The lowest BCUT2D eigenvalue weighted by Gasteiger charge is -2.12. The van der Waals surface area contributed by atoms with Crippen LogP contribution in [0.1, 0.15) is 18.5 Å². The normalized spacial score (nSPS) is 10.2. The lowest BCUT2D eigenvalue weighted by Crippen LogP contribution is -2.07. The summed E-state index contributed by atoms with van der Waals surface area (Å²) in [4.78, 5) is 8.53. The monoisotopic (exact) mass is 370 g/mol. The Morgan fingerprint density at radius 3 is 2.15 bits per heavy atom. The minimum atomic E-state index is 0. The SMILES string of the molecule is Cl.Nc1nc(N)c(-c2ccccc2)c(CCCCOc2ccccc2)n1. The number of para-hydroxylation sites is 1. The van der Waals surface area contributed by atoms with Crippen LogP contribution in [0.2, 0.25) is 0 Å². The lowest BCUT2D eigenvalue weighted by atomic mass is 10.0. The molecule has 0 fully saturated rings. The van der Waals surface area contributed by atoms with Gasteiger partial charge in [0.05, 0.1) is 12.3 Å². The van der Waals surface area contributed by atoms with Crippen molar-refractivity contribution in [1.29, 1.82) is 0 Å². The zero-order valence-corrected chi connectivity index (χ0v) is 15.3. The number of ether oxygens (including phenoxy) is 1. The fourth-order valence-corrected chi connectivity index (χ4v) is 2.75. The molecule has 1 heterocycles. The summed E-state index contributed by atoms with van der Waals surface area (Å²) in [6.07, 6.45) is 2.63. The highest BCUT2D eigenvalue weighted by molar-refractivity contribution is 5.85. The summed E-state index contributed by atoms with van der Waals surface area (Å²) in [5.74, 6) is 1.53. The average molecular weight is 371 g/mol. The Morgan fingerprint density at radius 2 is 1.46 bits per heavy atom. The van der Waals surface area contributed by atoms with Gasteiger partial charge in [0.25, 0.3) is 0 Å². The van der Waals surface area contributed by atoms with Crippen LogP contribution in [-0.2, 0) is 6.42 Å². The van der Waals surface area contributed by atoms with E-state index in [9.17, 15) is 0 Å². The molecule has 136 valence electrons. The second-order valence-corrected chi connectivity index (χ2v) is 5.77. The maximum atomic E-state index is 6.10. The lowest BCUT2D eigenvalue weighted by molar-refractivity contribution is 0.307. The summed E-state index contributed by atoms with van der Waals surface area (Å²) in [5, 5.41) is 0. The van der Waals surface area contributed by atoms with E-state index >= 15 is 0 Å². The highest BCUT2D eigenvalue weighted by atomic mass is 35.5.